The van der Waals surface area contributed by atoms with Crippen molar-refractivity contribution in [1.82, 2.24) is 0 Å². The lowest BCUT2D eigenvalue weighted by atomic mass is 9.67. The SMILES string of the molecule is NC(=O)C1CC2CC1C1CCCCC21. The summed E-state index contributed by atoms with van der Waals surface area (Å²) in [6, 6.07) is 0. The topological polar surface area (TPSA) is 43.1 Å². The summed E-state index contributed by atoms with van der Waals surface area (Å²) < 4.78 is 0. The van der Waals surface area contributed by atoms with Crippen molar-refractivity contribution in [3.05, 3.63) is 0 Å². The Kier molecular flexibility index (Phi) is 1.86. The lowest BCUT2D eigenvalue weighted by molar-refractivity contribution is -0.124. The fraction of sp³-hybridized carbons (Fsp3) is 0.917. The van der Waals surface area contributed by atoms with E-state index in [2.05, 4.69) is 0 Å². The molecule has 0 saturated heterocycles. The first-order valence-corrected chi connectivity index (χ1v) is 6.06. The fourth-order valence-corrected chi connectivity index (χ4v) is 4.57. The number of hydrogen-bond acceptors (Lipinski definition) is 1. The molecule has 3 aliphatic carbocycles. The van der Waals surface area contributed by atoms with Crippen molar-refractivity contribution in [2.75, 3.05) is 0 Å². The van der Waals surface area contributed by atoms with Crippen molar-refractivity contribution >= 4 is 5.91 Å². The molecule has 0 aliphatic heterocycles. The van der Waals surface area contributed by atoms with Crippen molar-refractivity contribution in [3.8, 4) is 0 Å². The fourth-order valence-electron chi connectivity index (χ4n) is 4.57. The average molecular weight is 193 g/mol. The Morgan fingerprint density at radius 1 is 1.00 bits per heavy atom. The van der Waals surface area contributed by atoms with Gasteiger partial charge in [0.05, 0.1) is 0 Å². The average Bonchev–Trinajstić information content (AvgIpc) is 2.75. The second-order valence-corrected chi connectivity index (χ2v) is 5.52. The van der Waals surface area contributed by atoms with Crippen LogP contribution in [0.2, 0.25) is 0 Å². The quantitative estimate of drug-likeness (QED) is 0.679. The van der Waals surface area contributed by atoms with Gasteiger partial charge in [0.25, 0.3) is 0 Å². The lowest BCUT2D eigenvalue weighted by Crippen LogP contribution is -2.36. The Morgan fingerprint density at radius 2 is 1.71 bits per heavy atom. The van der Waals surface area contributed by atoms with Gasteiger partial charge in [-0.15, -0.1) is 0 Å². The summed E-state index contributed by atoms with van der Waals surface area (Å²) in [5, 5.41) is 0. The van der Waals surface area contributed by atoms with E-state index in [1.165, 1.54) is 32.1 Å². The summed E-state index contributed by atoms with van der Waals surface area (Å²) >= 11 is 0. The first kappa shape index (κ1) is 8.75. The Labute approximate surface area is 85.2 Å². The van der Waals surface area contributed by atoms with Crippen LogP contribution < -0.4 is 5.73 Å². The van der Waals surface area contributed by atoms with Crippen molar-refractivity contribution in [2.24, 2.45) is 35.3 Å². The van der Waals surface area contributed by atoms with Crippen LogP contribution in [0, 0.1) is 29.6 Å². The first-order valence-electron chi connectivity index (χ1n) is 6.06. The zero-order valence-corrected chi connectivity index (χ0v) is 8.61. The molecule has 0 aromatic carbocycles. The molecule has 2 N–H and O–H groups in total. The summed E-state index contributed by atoms with van der Waals surface area (Å²) in [7, 11) is 0. The van der Waals surface area contributed by atoms with Crippen LogP contribution in [0.3, 0.4) is 0 Å². The Morgan fingerprint density at radius 3 is 2.43 bits per heavy atom. The highest BCUT2D eigenvalue weighted by atomic mass is 16.1. The number of primary amides is 1. The minimum absolute atomic E-state index is 0.0264. The third-order valence-electron chi connectivity index (χ3n) is 5.04. The number of hydrogen-bond donors (Lipinski definition) is 1. The number of carbonyl (C=O) groups excluding carboxylic acids is 1. The van der Waals surface area contributed by atoms with E-state index < -0.39 is 0 Å². The summed E-state index contributed by atoms with van der Waals surface area (Å²) in [4.78, 5) is 11.3. The Balaban J connectivity index is 1.82. The second-order valence-electron chi connectivity index (χ2n) is 5.52. The molecule has 0 aromatic heterocycles. The van der Waals surface area contributed by atoms with Gasteiger partial charge >= 0.3 is 0 Å². The summed E-state index contributed by atoms with van der Waals surface area (Å²) in [5.74, 6) is 3.55. The number of amides is 1. The van der Waals surface area contributed by atoms with Crippen LogP contribution in [0.15, 0.2) is 0 Å². The summed E-state index contributed by atoms with van der Waals surface area (Å²) in [6.07, 6.45) is 8.03. The van der Waals surface area contributed by atoms with Crippen LogP contribution in [-0.2, 0) is 4.79 Å². The number of carbonyl (C=O) groups is 1. The lowest BCUT2D eigenvalue weighted by Gasteiger charge is -2.37. The van der Waals surface area contributed by atoms with Crippen molar-refractivity contribution in [3.63, 3.8) is 0 Å². The van der Waals surface area contributed by atoms with Crippen molar-refractivity contribution in [2.45, 2.75) is 38.5 Å². The molecule has 1 amide bonds. The monoisotopic (exact) mass is 193 g/mol. The predicted octanol–water partition coefficient (Wildman–Crippen LogP) is 1.93. The molecule has 3 saturated carbocycles. The molecule has 3 aliphatic rings. The van der Waals surface area contributed by atoms with E-state index in [0.717, 1.165) is 24.2 Å². The van der Waals surface area contributed by atoms with Gasteiger partial charge in [0.15, 0.2) is 0 Å². The molecule has 2 bridgehead atoms. The Bertz CT molecular complexity index is 263. The highest BCUT2D eigenvalue weighted by Gasteiger charge is 2.54. The van der Waals surface area contributed by atoms with E-state index in [9.17, 15) is 4.79 Å². The molecule has 14 heavy (non-hydrogen) atoms. The number of fused-ring (bicyclic) bond motifs is 5. The normalized spacial score (nSPS) is 50.4. The van der Waals surface area contributed by atoms with Gasteiger partial charge in [0, 0.05) is 5.92 Å². The third kappa shape index (κ3) is 1.06. The number of nitrogens with two attached hydrogens (primary N) is 1. The van der Waals surface area contributed by atoms with Crippen LogP contribution in [0.25, 0.3) is 0 Å². The standard InChI is InChI=1S/C12H19NO/c13-12(14)11-6-7-5-10(11)9-4-2-1-3-8(7)9/h7-11H,1-6H2,(H2,13,14). The van der Waals surface area contributed by atoms with Crippen LogP contribution in [0.4, 0.5) is 0 Å². The molecule has 0 radical (unpaired) electrons. The molecule has 0 aromatic rings. The molecule has 2 heteroatoms. The maximum atomic E-state index is 11.3. The van der Waals surface area contributed by atoms with Crippen LogP contribution in [-0.4, -0.2) is 5.91 Å². The molecule has 3 fully saturated rings. The van der Waals surface area contributed by atoms with Crippen LogP contribution >= 0.6 is 0 Å². The van der Waals surface area contributed by atoms with Crippen LogP contribution in [0.5, 0.6) is 0 Å². The van der Waals surface area contributed by atoms with Crippen molar-refractivity contribution in [1.29, 1.82) is 0 Å². The Hall–Kier alpha value is -0.530. The molecule has 0 spiro atoms. The van der Waals surface area contributed by atoms with Gasteiger partial charge in [-0.05, 0) is 49.4 Å². The highest BCUT2D eigenvalue weighted by molar-refractivity contribution is 5.77. The molecular weight excluding hydrogens is 174 g/mol. The van der Waals surface area contributed by atoms with Crippen molar-refractivity contribution < 1.29 is 4.79 Å². The molecule has 5 atom stereocenters. The smallest absolute Gasteiger partial charge is 0.220 e. The van der Waals surface area contributed by atoms with E-state index in [4.69, 9.17) is 5.73 Å². The second kappa shape index (κ2) is 2.98. The zero-order valence-electron chi connectivity index (χ0n) is 8.61. The van der Waals surface area contributed by atoms with E-state index in [1.54, 1.807) is 0 Å². The van der Waals surface area contributed by atoms with Gasteiger partial charge < -0.3 is 5.73 Å². The van der Waals surface area contributed by atoms with Crippen LogP contribution in [0.1, 0.15) is 38.5 Å². The van der Waals surface area contributed by atoms with Gasteiger partial charge in [0.2, 0.25) is 5.91 Å². The van der Waals surface area contributed by atoms with E-state index in [0.29, 0.717) is 5.92 Å². The first-order chi connectivity index (χ1) is 6.77. The van der Waals surface area contributed by atoms with E-state index in [-0.39, 0.29) is 11.8 Å². The largest absolute Gasteiger partial charge is 0.369 e. The molecular formula is C12H19NO. The maximum Gasteiger partial charge on any atom is 0.220 e. The van der Waals surface area contributed by atoms with Gasteiger partial charge in [-0.2, -0.15) is 0 Å². The molecule has 0 heterocycles. The summed E-state index contributed by atoms with van der Waals surface area (Å²) in [6.45, 7) is 0. The summed E-state index contributed by atoms with van der Waals surface area (Å²) in [5.41, 5.74) is 5.47. The van der Waals surface area contributed by atoms with E-state index in [1.807, 2.05) is 0 Å². The predicted molar refractivity (Wildman–Crippen MR) is 54.3 cm³/mol. The molecule has 78 valence electrons. The minimum Gasteiger partial charge on any atom is -0.369 e. The zero-order chi connectivity index (χ0) is 9.71. The highest BCUT2D eigenvalue weighted by Crippen LogP contribution is 2.59. The molecule has 3 rings (SSSR count). The van der Waals surface area contributed by atoms with Gasteiger partial charge in [-0.3, -0.25) is 4.79 Å². The number of rotatable bonds is 1. The van der Waals surface area contributed by atoms with Gasteiger partial charge in [0.1, 0.15) is 0 Å². The third-order valence-corrected chi connectivity index (χ3v) is 5.04. The minimum atomic E-state index is -0.0264. The molecule has 5 unspecified atom stereocenters. The van der Waals surface area contributed by atoms with Gasteiger partial charge in [-0.1, -0.05) is 12.8 Å². The van der Waals surface area contributed by atoms with E-state index >= 15 is 0 Å². The molecule has 2 nitrogen and oxygen atoms in total. The maximum absolute atomic E-state index is 11.3. The van der Waals surface area contributed by atoms with Gasteiger partial charge in [-0.25, -0.2) is 0 Å².